The lowest BCUT2D eigenvalue weighted by Gasteiger charge is -2.25. The van der Waals surface area contributed by atoms with Gasteiger partial charge in [-0.1, -0.05) is 115 Å². The monoisotopic (exact) mass is 674 g/mol. The van der Waals surface area contributed by atoms with Crippen LogP contribution in [0, 0.1) is 11.8 Å². The van der Waals surface area contributed by atoms with Crippen molar-refractivity contribution in [1.82, 2.24) is 10.6 Å². The summed E-state index contributed by atoms with van der Waals surface area (Å²) in [6, 6.07) is 36.1. The average molecular weight is 675 g/mol. The van der Waals surface area contributed by atoms with Gasteiger partial charge >= 0.3 is 5.97 Å². The maximum absolute atomic E-state index is 13.6. The summed E-state index contributed by atoms with van der Waals surface area (Å²) in [4.78, 5) is 40.2. The van der Waals surface area contributed by atoms with E-state index in [4.69, 9.17) is 9.47 Å². The van der Waals surface area contributed by atoms with Crippen molar-refractivity contribution in [3.05, 3.63) is 150 Å². The van der Waals surface area contributed by atoms with E-state index in [1.165, 1.54) is 0 Å². The van der Waals surface area contributed by atoms with Crippen molar-refractivity contribution in [2.45, 2.75) is 57.2 Å². The topological polar surface area (TPSA) is 114 Å². The molecule has 0 aromatic heterocycles. The summed E-state index contributed by atoms with van der Waals surface area (Å²) >= 11 is 0. The third kappa shape index (κ3) is 11.7. The number of rotatable bonds is 13. The van der Waals surface area contributed by atoms with Crippen LogP contribution in [0.2, 0.25) is 0 Å². The van der Waals surface area contributed by atoms with Gasteiger partial charge in [-0.2, -0.15) is 0 Å². The third-order valence-corrected chi connectivity index (χ3v) is 8.81. The van der Waals surface area contributed by atoms with Gasteiger partial charge in [0.1, 0.15) is 19.0 Å². The number of carbonyl (C=O) groups excluding carboxylic acids is 3. The van der Waals surface area contributed by atoms with Crippen molar-refractivity contribution in [3.8, 4) is 5.75 Å². The molecular weight excluding hydrogens is 628 g/mol. The summed E-state index contributed by atoms with van der Waals surface area (Å²) in [7, 11) is 0. The summed E-state index contributed by atoms with van der Waals surface area (Å²) in [5, 5.41) is 16.1. The van der Waals surface area contributed by atoms with E-state index in [0.29, 0.717) is 38.7 Å². The predicted octanol–water partition coefficient (Wildman–Crippen LogP) is 5.77. The van der Waals surface area contributed by atoms with Gasteiger partial charge in [0.15, 0.2) is 0 Å². The van der Waals surface area contributed by atoms with Crippen molar-refractivity contribution in [3.63, 3.8) is 0 Å². The Morgan fingerprint density at radius 1 is 0.760 bits per heavy atom. The Labute approximate surface area is 294 Å². The van der Waals surface area contributed by atoms with Crippen LogP contribution in [-0.2, 0) is 45.0 Å². The van der Waals surface area contributed by atoms with Crippen LogP contribution in [0.5, 0.6) is 5.75 Å². The number of amides is 2. The van der Waals surface area contributed by atoms with Crippen LogP contribution < -0.4 is 15.4 Å². The number of carbonyl (C=O) groups is 3. The number of hydrogen-bond acceptors (Lipinski definition) is 6. The zero-order chi connectivity index (χ0) is 35.0. The van der Waals surface area contributed by atoms with Gasteiger partial charge in [-0.15, -0.1) is 0 Å². The summed E-state index contributed by atoms with van der Waals surface area (Å²) in [5.41, 5.74) is 4.06. The fraction of sp³-hybridized carbons (Fsp3) is 0.310. The lowest BCUT2D eigenvalue weighted by atomic mass is 9.94. The molecule has 0 spiro atoms. The highest BCUT2D eigenvalue weighted by Gasteiger charge is 2.27. The van der Waals surface area contributed by atoms with Gasteiger partial charge in [0.2, 0.25) is 11.8 Å². The Morgan fingerprint density at radius 3 is 1.96 bits per heavy atom. The Bertz CT molecular complexity index is 1660. The Kier molecular flexibility index (Phi) is 13.8. The maximum atomic E-state index is 13.6. The molecule has 5 rings (SSSR count). The quantitative estimate of drug-likeness (QED) is 0.123. The minimum Gasteiger partial charge on any atom is -0.489 e. The van der Waals surface area contributed by atoms with Crippen LogP contribution in [0.3, 0.4) is 0 Å². The Balaban J connectivity index is 1.22. The average Bonchev–Trinajstić information content (AvgIpc) is 3.14. The smallest absolute Gasteiger partial charge is 0.309 e. The van der Waals surface area contributed by atoms with E-state index in [1.807, 2.05) is 127 Å². The summed E-state index contributed by atoms with van der Waals surface area (Å²) < 4.78 is 11.7. The molecule has 0 aliphatic carbocycles. The number of aliphatic hydroxyl groups excluding tert-OH is 1. The second-order valence-corrected chi connectivity index (χ2v) is 12.8. The van der Waals surface area contributed by atoms with Gasteiger partial charge in [0.05, 0.1) is 30.5 Å². The van der Waals surface area contributed by atoms with E-state index in [1.54, 1.807) is 0 Å². The zero-order valence-electron chi connectivity index (χ0n) is 28.3. The van der Waals surface area contributed by atoms with Gasteiger partial charge in [0, 0.05) is 6.42 Å². The fourth-order valence-corrected chi connectivity index (χ4v) is 6.05. The lowest BCUT2D eigenvalue weighted by molar-refractivity contribution is -0.150. The molecule has 8 heteroatoms. The van der Waals surface area contributed by atoms with Gasteiger partial charge < -0.3 is 25.2 Å². The van der Waals surface area contributed by atoms with Crippen molar-refractivity contribution >= 4 is 17.8 Å². The van der Waals surface area contributed by atoms with Gasteiger partial charge in [-0.3, -0.25) is 14.4 Å². The molecule has 3 N–H and O–H groups in total. The van der Waals surface area contributed by atoms with E-state index in [2.05, 4.69) is 10.6 Å². The second kappa shape index (κ2) is 19.1. The Hall–Kier alpha value is -5.21. The van der Waals surface area contributed by atoms with Gasteiger partial charge in [-0.05, 0) is 66.5 Å². The standard InChI is InChI=1S/C42H46N2O6/c45-28-37(25-33-20-22-39(23-21-33)49-29-34-16-8-3-9-17-34)43-40(46)27-35-18-10-11-19-36(24-31-12-4-1-5-13-31)42(48)50-30-38(44-41(35)47)26-32-14-6-2-7-15-32/h1-17,20-23,35-38,45H,18-19,24-30H2,(H,43,46)(H,44,47). The van der Waals surface area contributed by atoms with Crippen molar-refractivity contribution in [1.29, 1.82) is 0 Å². The number of hydrogen-bond donors (Lipinski definition) is 3. The number of cyclic esters (lactones) is 1. The largest absolute Gasteiger partial charge is 0.489 e. The zero-order valence-corrected chi connectivity index (χ0v) is 28.3. The highest BCUT2D eigenvalue weighted by atomic mass is 16.5. The molecule has 0 saturated carbocycles. The van der Waals surface area contributed by atoms with Gasteiger partial charge in [-0.25, -0.2) is 0 Å². The van der Waals surface area contributed by atoms with Crippen LogP contribution in [0.4, 0.5) is 0 Å². The summed E-state index contributed by atoms with van der Waals surface area (Å²) in [6.07, 6.45) is 5.95. The summed E-state index contributed by atoms with van der Waals surface area (Å²) in [5.74, 6) is -1.19. The van der Waals surface area contributed by atoms with E-state index in [-0.39, 0.29) is 43.3 Å². The molecule has 8 nitrogen and oxygen atoms in total. The number of nitrogens with one attached hydrogen (secondary N) is 2. The van der Waals surface area contributed by atoms with E-state index < -0.39 is 18.0 Å². The SMILES string of the molecule is O=C(CC1CC=CCC(Cc2ccccc2)C(=O)OCC(Cc2ccccc2)NC1=O)NC(CO)Cc1ccc(OCc2ccccc2)cc1. The first-order chi connectivity index (χ1) is 24.4. The molecule has 4 aromatic carbocycles. The molecule has 0 radical (unpaired) electrons. The molecule has 1 aliphatic heterocycles. The predicted molar refractivity (Wildman–Crippen MR) is 193 cm³/mol. The fourth-order valence-electron chi connectivity index (χ4n) is 6.05. The molecule has 0 fully saturated rings. The number of aliphatic hydroxyl groups is 1. The van der Waals surface area contributed by atoms with E-state index in [0.717, 1.165) is 28.0 Å². The van der Waals surface area contributed by atoms with Crippen LogP contribution in [0.15, 0.2) is 127 Å². The first kappa shape index (κ1) is 36.1. The minimum absolute atomic E-state index is 0.0239. The first-order valence-electron chi connectivity index (χ1n) is 17.3. The molecule has 0 saturated heterocycles. The maximum Gasteiger partial charge on any atom is 0.309 e. The molecule has 1 aliphatic rings. The number of benzene rings is 4. The molecule has 1 heterocycles. The van der Waals surface area contributed by atoms with Gasteiger partial charge in [0.25, 0.3) is 0 Å². The van der Waals surface area contributed by atoms with Crippen LogP contribution >= 0.6 is 0 Å². The number of allylic oxidation sites excluding steroid dienone is 2. The van der Waals surface area contributed by atoms with E-state index in [9.17, 15) is 19.5 Å². The molecule has 4 atom stereocenters. The molecule has 4 unspecified atom stereocenters. The highest BCUT2D eigenvalue weighted by Crippen LogP contribution is 2.20. The van der Waals surface area contributed by atoms with Crippen LogP contribution in [0.1, 0.15) is 41.5 Å². The Morgan fingerprint density at radius 2 is 1.34 bits per heavy atom. The van der Waals surface area contributed by atoms with Crippen LogP contribution in [0.25, 0.3) is 0 Å². The third-order valence-electron chi connectivity index (χ3n) is 8.81. The molecule has 2 amide bonds. The first-order valence-corrected chi connectivity index (χ1v) is 17.3. The van der Waals surface area contributed by atoms with Crippen molar-refractivity contribution in [2.24, 2.45) is 11.8 Å². The minimum atomic E-state index is -0.646. The molecular formula is C42H46N2O6. The molecule has 260 valence electrons. The van der Waals surface area contributed by atoms with Crippen molar-refractivity contribution < 1.29 is 29.0 Å². The second-order valence-electron chi connectivity index (χ2n) is 12.8. The number of ether oxygens (including phenoxy) is 2. The molecule has 4 aromatic rings. The highest BCUT2D eigenvalue weighted by molar-refractivity contribution is 5.86. The van der Waals surface area contributed by atoms with Crippen molar-refractivity contribution in [2.75, 3.05) is 13.2 Å². The lowest BCUT2D eigenvalue weighted by Crippen LogP contribution is -2.46. The summed E-state index contributed by atoms with van der Waals surface area (Å²) in [6.45, 7) is 0.240. The number of esters is 1. The molecule has 0 bridgehead atoms. The molecule has 50 heavy (non-hydrogen) atoms. The normalized spacial score (nSPS) is 18.9. The van der Waals surface area contributed by atoms with Crippen LogP contribution in [-0.4, -0.2) is 48.2 Å². The van der Waals surface area contributed by atoms with E-state index >= 15 is 0 Å².